The molecule has 0 bridgehead atoms. The lowest BCUT2D eigenvalue weighted by atomic mass is 9.65. The van der Waals surface area contributed by atoms with Crippen molar-refractivity contribution in [1.82, 2.24) is 5.32 Å². The molecule has 69 heavy (non-hydrogen) atoms. The van der Waals surface area contributed by atoms with Crippen LogP contribution in [-0.4, -0.2) is 18.3 Å². The molecule has 1 aliphatic carbocycles. The van der Waals surface area contributed by atoms with Gasteiger partial charge in [-0.15, -0.1) is 0 Å². The van der Waals surface area contributed by atoms with E-state index in [0.29, 0.717) is 11.5 Å². The van der Waals surface area contributed by atoms with Gasteiger partial charge < -0.3 is 10.1 Å². The Morgan fingerprint density at radius 3 is 1.71 bits per heavy atom. The molecule has 0 saturated heterocycles. The monoisotopic (exact) mass is 963 g/mol. The highest BCUT2D eigenvalue weighted by molar-refractivity contribution is 5.92. The first-order chi connectivity index (χ1) is 32.7. The van der Waals surface area contributed by atoms with Crippen molar-refractivity contribution < 1.29 is 14.0 Å². The number of allylic oxidation sites excluding steroid dienone is 8. The Morgan fingerprint density at radius 1 is 0.855 bits per heavy atom. The van der Waals surface area contributed by atoms with E-state index in [1.807, 2.05) is 40.0 Å². The van der Waals surface area contributed by atoms with Gasteiger partial charge in [0.25, 0.3) is 0 Å². The molecule has 0 heterocycles. The maximum absolute atomic E-state index is 14.4. The lowest BCUT2D eigenvalue weighted by Crippen LogP contribution is -2.40. The number of hydrogen-bond donors (Lipinski definition) is 1. The van der Waals surface area contributed by atoms with Crippen molar-refractivity contribution in [3.8, 4) is 0 Å². The molecule has 1 saturated carbocycles. The topological polar surface area (TPSA) is 58.5 Å². The van der Waals surface area contributed by atoms with Crippen molar-refractivity contribution in [1.29, 1.82) is 0 Å². The highest BCUT2D eigenvalue weighted by Crippen LogP contribution is 2.41. The molecule has 0 radical (unpaired) electrons. The summed E-state index contributed by atoms with van der Waals surface area (Å²) in [5.41, 5.74) is 6.35. The predicted octanol–water partition coefficient (Wildman–Crippen LogP) is 21.2. The van der Waals surface area contributed by atoms with Crippen LogP contribution in [0.15, 0.2) is 89.1 Å². The molecule has 2 rings (SSSR count). The summed E-state index contributed by atoms with van der Waals surface area (Å²) in [6.07, 6.45) is 29.9. The molecule has 5 heteroatoms. The molecule has 1 fully saturated rings. The predicted molar refractivity (Wildman–Crippen MR) is 313 cm³/mol. The number of hydrogen-bond acceptors (Lipinski definition) is 4. The summed E-state index contributed by atoms with van der Waals surface area (Å²) in [6.45, 7) is 51.8. The third-order valence-electron chi connectivity index (χ3n) is 11.1. The smallest absolute Gasteiger partial charge is 0.146 e. The average molecular weight is 964 g/mol. The first-order valence-corrected chi connectivity index (χ1v) is 27.8. The fourth-order valence-electron chi connectivity index (χ4n) is 7.70. The average Bonchev–Trinajstić information content (AvgIpc) is 3.29. The Hall–Kier alpha value is -3.60. The minimum atomic E-state index is -0.462. The van der Waals surface area contributed by atoms with Crippen LogP contribution in [-0.2, 0) is 15.0 Å². The number of Topliss-reactive ketones (excluding diaryl/α,β-unsaturated/α-hetero) is 1. The van der Waals surface area contributed by atoms with Crippen LogP contribution in [0, 0.1) is 30.6 Å². The Labute approximate surface area is 430 Å². The Morgan fingerprint density at radius 2 is 1.35 bits per heavy atom. The molecule has 4 nitrogen and oxygen atoms in total. The van der Waals surface area contributed by atoms with Gasteiger partial charge in [0.1, 0.15) is 17.9 Å². The van der Waals surface area contributed by atoms with E-state index < -0.39 is 11.2 Å². The van der Waals surface area contributed by atoms with Gasteiger partial charge in [-0.1, -0.05) is 219 Å². The third-order valence-corrected chi connectivity index (χ3v) is 11.1. The van der Waals surface area contributed by atoms with Gasteiger partial charge in [0.2, 0.25) is 0 Å². The lowest BCUT2D eigenvalue weighted by Gasteiger charge is -2.36. The lowest BCUT2D eigenvalue weighted by molar-refractivity contribution is -0.129. The van der Waals surface area contributed by atoms with Crippen LogP contribution in [0.4, 0.5) is 4.39 Å². The van der Waals surface area contributed by atoms with E-state index in [4.69, 9.17) is 9.79 Å². The maximum atomic E-state index is 14.4. The van der Waals surface area contributed by atoms with E-state index in [9.17, 15) is 9.18 Å². The minimum Gasteiger partial charge on any atom is -0.356 e. The molecule has 1 aromatic carbocycles. The van der Waals surface area contributed by atoms with Crippen molar-refractivity contribution in [3.05, 3.63) is 101 Å². The van der Waals surface area contributed by atoms with E-state index in [1.165, 1.54) is 83.6 Å². The second-order valence-corrected chi connectivity index (χ2v) is 19.6. The molecule has 0 amide bonds. The number of benzene rings is 1. The molecule has 1 unspecified atom stereocenters. The largest absolute Gasteiger partial charge is 0.356 e. The van der Waals surface area contributed by atoms with Crippen LogP contribution in [0.25, 0.3) is 5.57 Å². The SMILES string of the molecule is C=C/C(F)=C(\C=C/C)N/C(C)=C(C)/C(=C\C(=C)c1ccc(C(CCC)(CCC)C(=O)C(C)CC)c(C)c1)N=CCC.CC(C)C.CC=O.CCC.CCC.CCCC1CC(C)C1.CCCCCCC. The maximum Gasteiger partial charge on any atom is 0.146 e. The van der Waals surface area contributed by atoms with Gasteiger partial charge in [-0.2, -0.15) is 0 Å². The van der Waals surface area contributed by atoms with Gasteiger partial charge in [0.05, 0.1) is 16.8 Å². The van der Waals surface area contributed by atoms with Gasteiger partial charge in [-0.05, 0) is 137 Å². The van der Waals surface area contributed by atoms with E-state index >= 15 is 0 Å². The van der Waals surface area contributed by atoms with E-state index in [1.54, 1.807) is 12.2 Å². The van der Waals surface area contributed by atoms with Crippen molar-refractivity contribution in [2.24, 2.45) is 28.7 Å². The number of nitrogens with one attached hydrogen (secondary N) is 1. The summed E-state index contributed by atoms with van der Waals surface area (Å²) >= 11 is 0. The number of unbranched alkanes of at least 4 members (excludes halogenated alkanes) is 4. The summed E-state index contributed by atoms with van der Waals surface area (Å²) in [5.74, 6) is 2.95. The zero-order valence-corrected chi connectivity index (χ0v) is 49.6. The molecule has 0 spiro atoms. The summed E-state index contributed by atoms with van der Waals surface area (Å²) < 4.78 is 14.4. The number of carbonyl (C=O) groups is 2. The van der Waals surface area contributed by atoms with Crippen molar-refractivity contribution in [2.45, 2.75) is 260 Å². The summed E-state index contributed by atoms with van der Waals surface area (Å²) in [6, 6.07) is 6.38. The second-order valence-electron chi connectivity index (χ2n) is 19.6. The van der Waals surface area contributed by atoms with Crippen molar-refractivity contribution >= 4 is 23.9 Å². The number of aryl methyl sites for hydroxylation is 1. The molecular weight excluding hydrogens is 848 g/mol. The zero-order chi connectivity index (χ0) is 54.4. The molecule has 400 valence electrons. The Kier molecular flexibility index (Phi) is 53.2. The molecule has 0 aromatic heterocycles. The number of aliphatic imine (C=N–C) groups is 1. The van der Waals surface area contributed by atoms with Crippen LogP contribution in [0.1, 0.15) is 264 Å². The fraction of sp³-hybridized carbons (Fsp3) is 0.672. The fourth-order valence-corrected chi connectivity index (χ4v) is 7.70. The summed E-state index contributed by atoms with van der Waals surface area (Å²) in [5, 5.41) is 3.17. The van der Waals surface area contributed by atoms with Crippen LogP contribution >= 0.6 is 0 Å². The summed E-state index contributed by atoms with van der Waals surface area (Å²) in [4.78, 5) is 27.3. The number of rotatable bonds is 23. The normalized spacial score (nSPS) is 15.1. The van der Waals surface area contributed by atoms with E-state index in [-0.39, 0.29) is 5.92 Å². The second kappa shape index (κ2) is 49.4. The first-order valence-electron chi connectivity index (χ1n) is 27.8. The molecular formula is C64H115FN2O2. The van der Waals surface area contributed by atoms with Crippen molar-refractivity contribution in [2.75, 3.05) is 0 Å². The van der Waals surface area contributed by atoms with Crippen LogP contribution in [0.3, 0.4) is 0 Å². The van der Waals surface area contributed by atoms with Gasteiger partial charge >= 0.3 is 0 Å². The number of carbonyl (C=O) groups excluding carboxylic acids is 2. The molecule has 1 atom stereocenters. The summed E-state index contributed by atoms with van der Waals surface area (Å²) in [7, 11) is 0. The molecule has 1 aromatic rings. The molecule has 1 aliphatic rings. The van der Waals surface area contributed by atoms with Crippen LogP contribution in [0.5, 0.6) is 0 Å². The van der Waals surface area contributed by atoms with Crippen molar-refractivity contribution in [3.63, 3.8) is 0 Å². The molecule has 1 N–H and O–H groups in total. The van der Waals surface area contributed by atoms with E-state index in [0.717, 1.165) is 102 Å². The quantitative estimate of drug-likeness (QED) is 0.0515. The number of halogens is 1. The Balaban J connectivity index is -0.000000390. The van der Waals surface area contributed by atoms with Crippen LogP contribution in [0.2, 0.25) is 0 Å². The Bertz CT molecular complexity index is 1580. The first kappa shape index (κ1) is 74.3. The number of nitrogens with zero attached hydrogens (tertiary/aromatic N) is 1. The zero-order valence-electron chi connectivity index (χ0n) is 49.6. The van der Waals surface area contributed by atoms with Gasteiger partial charge in [0, 0.05) is 17.8 Å². The van der Waals surface area contributed by atoms with Crippen LogP contribution < -0.4 is 5.32 Å². The van der Waals surface area contributed by atoms with E-state index in [2.05, 4.69) is 147 Å². The highest BCUT2D eigenvalue weighted by atomic mass is 19.1. The van der Waals surface area contributed by atoms with Gasteiger partial charge in [0.15, 0.2) is 0 Å². The number of aldehydes is 1. The third kappa shape index (κ3) is 36.1. The van der Waals surface area contributed by atoms with Gasteiger partial charge in [-0.3, -0.25) is 9.79 Å². The highest BCUT2D eigenvalue weighted by Gasteiger charge is 2.41. The molecule has 0 aliphatic heterocycles. The van der Waals surface area contributed by atoms with Gasteiger partial charge in [-0.25, -0.2) is 4.39 Å². The number of ketones is 1. The minimum absolute atomic E-state index is 0.0267. The standard InChI is InChI=1S/C37H53FN2O.C8H16.C7H16.C4H10.2C3H8.C2H4O/c1-12-18-34(33(38)17-6)40-30(11)29(10)35(39-23-15-4)25-27(8)31-19-20-32(28(9)24-31)37(21-13-2,22-14-3)36(41)26(7)16-5;1-3-4-8-5-7(2)6-8;1-3-5-7-6-4-2;1-4(2)3;2*1-3-2;1-2-3/h12,17-20,23-26,40H,6,8,13-16,21-22H2,1-5,7,9-11H3;7-8H,3-6H2,1-2H3;3-7H2,1-2H3;4H,1-3H3;2*3H2,1-2H3;2H,1H3/b18-12-,30-29+,34-33-,35-25+,39-23?;;;;;;.